The van der Waals surface area contributed by atoms with Gasteiger partial charge in [0.1, 0.15) is 24.6 Å². The summed E-state index contributed by atoms with van der Waals surface area (Å²) in [6.45, 7) is 20.2. The highest BCUT2D eigenvalue weighted by atomic mass is 79.9. The van der Waals surface area contributed by atoms with Crippen molar-refractivity contribution in [1.29, 1.82) is 0 Å². The van der Waals surface area contributed by atoms with Gasteiger partial charge in [-0.15, -0.1) is 0 Å². The van der Waals surface area contributed by atoms with Gasteiger partial charge in [-0.05, 0) is 67.9 Å². The molecular weight excluding hydrogens is 586 g/mol. The van der Waals surface area contributed by atoms with E-state index < -0.39 is 19.5 Å². The lowest BCUT2D eigenvalue weighted by Gasteiger charge is -2.37. The van der Waals surface area contributed by atoms with Crippen molar-refractivity contribution in [3.63, 3.8) is 0 Å². The molecule has 2 aromatic carbocycles. The fraction of sp³-hybridized carbons (Fsp3) is 0.531. The van der Waals surface area contributed by atoms with Gasteiger partial charge in [-0.3, -0.25) is 4.79 Å². The van der Waals surface area contributed by atoms with Crippen LogP contribution >= 0.6 is 15.9 Å². The van der Waals surface area contributed by atoms with Gasteiger partial charge < -0.3 is 23.2 Å². The number of ether oxygens (including phenoxy) is 3. The number of rotatable bonds is 6. The second-order valence-corrected chi connectivity index (χ2v) is 19.4. The predicted octanol–water partition coefficient (Wildman–Crippen LogP) is 7.73. The Balaban J connectivity index is 1.39. The lowest BCUT2D eigenvalue weighted by Crippen LogP contribution is -2.44. The maximum atomic E-state index is 13.8. The van der Waals surface area contributed by atoms with Crippen LogP contribution < -0.4 is 4.74 Å². The van der Waals surface area contributed by atoms with E-state index in [9.17, 15) is 4.79 Å². The zero-order chi connectivity index (χ0) is 29.4. The summed E-state index contributed by atoms with van der Waals surface area (Å²) in [5.41, 5.74) is 4.15. The molecule has 0 unspecified atom stereocenters. The van der Waals surface area contributed by atoms with E-state index in [2.05, 4.69) is 74.3 Å². The largest absolute Gasteiger partial charge is 0.491 e. The van der Waals surface area contributed by atoms with Crippen LogP contribution in [0.15, 0.2) is 40.9 Å². The SMILES string of the molecule is Cn1c2c(c3ccc(Br)cc31)C(=O)c1ccc(OC[C@H]3OC(C)(C)O[C@@H]3CO[Si](C)(C)C(C)(C)C)cc1C2(C)C. The number of benzene rings is 2. The number of fused-ring (bicyclic) bond motifs is 4. The molecule has 2 heterocycles. The topological polar surface area (TPSA) is 58.9 Å². The highest BCUT2D eigenvalue weighted by Gasteiger charge is 2.45. The summed E-state index contributed by atoms with van der Waals surface area (Å²) >= 11 is 3.59. The van der Waals surface area contributed by atoms with Crippen molar-refractivity contribution in [2.45, 2.75) is 90.0 Å². The molecule has 1 saturated heterocycles. The average Bonchev–Trinajstić information content (AvgIpc) is 3.32. The normalized spacial score (nSPS) is 21.9. The van der Waals surface area contributed by atoms with Gasteiger partial charge in [-0.25, -0.2) is 0 Å². The summed E-state index contributed by atoms with van der Waals surface area (Å²) < 4.78 is 28.4. The number of aromatic nitrogens is 1. The molecule has 0 spiro atoms. The quantitative estimate of drug-likeness (QED) is 0.262. The van der Waals surface area contributed by atoms with Gasteiger partial charge in [0.25, 0.3) is 0 Å². The molecule has 216 valence electrons. The van der Waals surface area contributed by atoms with Crippen LogP contribution in [0.1, 0.15) is 75.6 Å². The van der Waals surface area contributed by atoms with Crippen molar-refractivity contribution in [2.75, 3.05) is 13.2 Å². The van der Waals surface area contributed by atoms with Crippen LogP contribution in [0.2, 0.25) is 18.1 Å². The minimum absolute atomic E-state index is 0.0564. The molecule has 6 nitrogen and oxygen atoms in total. The van der Waals surface area contributed by atoms with Gasteiger partial charge in [0.15, 0.2) is 19.9 Å². The van der Waals surface area contributed by atoms with Crippen molar-refractivity contribution < 1.29 is 23.4 Å². The third kappa shape index (κ3) is 5.00. The van der Waals surface area contributed by atoms with E-state index in [1.807, 2.05) is 51.2 Å². The highest BCUT2D eigenvalue weighted by Crippen LogP contribution is 2.46. The number of carbonyl (C=O) groups is 1. The van der Waals surface area contributed by atoms with Gasteiger partial charge in [0.2, 0.25) is 0 Å². The summed E-state index contributed by atoms with van der Waals surface area (Å²) in [5.74, 6) is 0.0579. The third-order valence-corrected chi connectivity index (χ3v) is 14.0. The second kappa shape index (κ2) is 9.80. The monoisotopic (exact) mass is 627 g/mol. The molecule has 3 aromatic rings. The van der Waals surface area contributed by atoms with Crippen LogP contribution in [-0.4, -0.2) is 49.9 Å². The molecule has 0 N–H and O–H groups in total. The first-order valence-electron chi connectivity index (χ1n) is 14.0. The maximum Gasteiger partial charge on any atom is 0.195 e. The van der Waals surface area contributed by atoms with Gasteiger partial charge in [0, 0.05) is 39.1 Å². The highest BCUT2D eigenvalue weighted by molar-refractivity contribution is 9.10. The Morgan fingerprint density at radius 3 is 2.30 bits per heavy atom. The number of nitrogens with zero attached hydrogens (tertiary/aromatic N) is 1. The van der Waals surface area contributed by atoms with Crippen molar-refractivity contribution in [3.8, 4) is 5.75 Å². The molecule has 0 saturated carbocycles. The maximum absolute atomic E-state index is 13.8. The van der Waals surface area contributed by atoms with E-state index in [0.717, 1.165) is 37.8 Å². The molecule has 1 aliphatic carbocycles. The van der Waals surface area contributed by atoms with E-state index in [4.69, 9.17) is 18.6 Å². The molecular formula is C32H42BrNO5Si. The smallest absolute Gasteiger partial charge is 0.195 e. The second-order valence-electron chi connectivity index (χ2n) is 13.7. The molecule has 5 rings (SSSR count). The number of hydrogen-bond donors (Lipinski definition) is 0. The van der Waals surface area contributed by atoms with Gasteiger partial charge in [-0.2, -0.15) is 0 Å². The molecule has 0 bridgehead atoms. The fourth-order valence-electron chi connectivity index (χ4n) is 5.84. The average molecular weight is 629 g/mol. The van der Waals surface area contributed by atoms with Crippen molar-refractivity contribution in [1.82, 2.24) is 4.57 Å². The van der Waals surface area contributed by atoms with Crippen molar-refractivity contribution in [3.05, 3.63) is 63.3 Å². The summed E-state index contributed by atoms with van der Waals surface area (Å²) in [5, 5.41) is 1.10. The molecule has 8 heteroatoms. The summed E-state index contributed by atoms with van der Waals surface area (Å²) in [6.07, 6.45) is -0.494. The third-order valence-electron chi connectivity index (χ3n) is 9.00. The Hall–Kier alpha value is -1.97. The van der Waals surface area contributed by atoms with Crippen LogP contribution in [0.4, 0.5) is 0 Å². The molecule has 40 heavy (non-hydrogen) atoms. The Kier molecular flexibility index (Phi) is 7.23. The van der Waals surface area contributed by atoms with Crippen LogP contribution in [0.3, 0.4) is 0 Å². The zero-order valence-electron chi connectivity index (χ0n) is 25.4. The van der Waals surface area contributed by atoms with Crippen molar-refractivity contribution >= 4 is 40.9 Å². The molecule has 1 aliphatic heterocycles. The van der Waals surface area contributed by atoms with Crippen LogP contribution in [-0.2, 0) is 26.4 Å². The zero-order valence-corrected chi connectivity index (χ0v) is 28.0. The van der Waals surface area contributed by atoms with Crippen LogP contribution in [0.5, 0.6) is 5.75 Å². The molecule has 2 aliphatic rings. The minimum atomic E-state index is -1.94. The predicted molar refractivity (Wildman–Crippen MR) is 165 cm³/mol. The number of ketones is 1. The van der Waals surface area contributed by atoms with E-state index in [1.54, 1.807) is 0 Å². The lowest BCUT2D eigenvalue weighted by atomic mass is 9.71. The van der Waals surface area contributed by atoms with Crippen molar-refractivity contribution in [2.24, 2.45) is 7.05 Å². The first kappa shape index (κ1) is 29.5. The Morgan fingerprint density at radius 2 is 1.65 bits per heavy atom. The Morgan fingerprint density at radius 1 is 1.00 bits per heavy atom. The summed E-state index contributed by atoms with van der Waals surface area (Å²) in [4.78, 5) is 13.8. The number of halogens is 1. The Labute approximate surface area is 247 Å². The van der Waals surface area contributed by atoms with E-state index >= 15 is 0 Å². The first-order chi connectivity index (χ1) is 18.4. The lowest BCUT2D eigenvalue weighted by molar-refractivity contribution is -0.150. The molecule has 1 fully saturated rings. The van der Waals surface area contributed by atoms with E-state index in [0.29, 0.717) is 19.0 Å². The van der Waals surface area contributed by atoms with E-state index in [-0.39, 0.29) is 23.0 Å². The molecule has 0 amide bonds. The van der Waals surface area contributed by atoms with Gasteiger partial charge in [-0.1, -0.05) is 56.6 Å². The first-order valence-corrected chi connectivity index (χ1v) is 17.7. The van der Waals surface area contributed by atoms with Gasteiger partial charge in [0.05, 0.1) is 12.2 Å². The fourth-order valence-corrected chi connectivity index (χ4v) is 7.20. The number of carbonyl (C=O) groups excluding carboxylic acids is 1. The number of aryl methyl sites for hydroxylation is 1. The summed E-state index contributed by atoms with van der Waals surface area (Å²) in [7, 11) is 0.104. The Bertz CT molecular complexity index is 1480. The minimum Gasteiger partial charge on any atom is -0.491 e. The standard InChI is InChI=1S/C32H42BrNO5Si/c1-30(2,3)40(9,10)37-18-26-25(38-32(6,7)39-26)17-36-20-12-14-21-23(16-20)31(4,5)29-27(28(21)35)22-13-11-19(33)15-24(22)34(29)8/h11-16,25-26H,17-18H2,1-10H3/t25-,26-/m1/s1. The van der Waals surface area contributed by atoms with Crippen LogP contribution in [0, 0.1) is 0 Å². The van der Waals surface area contributed by atoms with E-state index in [1.165, 1.54) is 0 Å². The molecule has 0 radical (unpaired) electrons. The van der Waals surface area contributed by atoms with Gasteiger partial charge >= 0.3 is 0 Å². The molecule has 2 atom stereocenters. The number of hydrogen-bond acceptors (Lipinski definition) is 5. The summed E-state index contributed by atoms with van der Waals surface area (Å²) in [6, 6.07) is 11.9. The molecule has 1 aromatic heterocycles. The van der Waals surface area contributed by atoms with Crippen LogP contribution in [0.25, 0.3) is 10.9 Å².